The summed E-state index contributed by atoms with van der Waals surface area (Å²) in [4.78, 5) is 22.8. The second-order valence-corrected chi connectivity index (χ2v) is 5.17. The van der Waals surface area contributed by atoms with Crippen LogP contribution in [0.2, 0.25) is 0 Å². The summed E-state index contributed by atoms with van der Waals surface area (Å²) in [7, 11) is 0. The number of alkyl carbamates (subject to hydrolysis) is 1. The van der Waals surface area contributed by atoms with E-state index in [9.17, 15) is 14.7 Å². The highest BCUT2D eigenvalue weighted by Crippen LogP contribution is 2.20. The first kappa shape index (κ1) is 13.8. The molecule has 6 nitrogen and oxygen atoms in total. The molecule has 1 aliphatic rings. The molecule has 0 radical (unpaired) electrons. The number of carboxylic acids is 1. The van der Waals surface area contributed by atoms with Crippen LogP contribution in [0.25, 0.3) is 0 Å². The van der Waals surface area contributed by atoms with Crippen LogP contribution in [0.15, 0.2) is 0 Å². The van der Waals surface area contributed by atoms with Crippen molar-refractivity contribution in [2.45, 2.75) is 44.8 Å². The molecule has 0 aromatic rings. The minimum absolute atomic E-state index is 0.0262. The van der Waals surface area contributed by atoms with E-state index in [1.54, 1.807) is 20.8 Å². The summed E-state index contributed by atoms with van der Waals surface area (Å²) in [5, 5.41) is 11.6. The summed E-state index contributed by atoms with van der Waals surface area (Å²) in [5.74, 6) is -1.09. The Morgan fingerprint density at radius 1 is 1.41 bits per heavy atom. The van der Waals surface area contributed by atoms with Crippen LogP contribution >= 0.6 is 0 Å². The molecule has 0 saturated carbocycles. The van der Waals surface area contributed by atoms with E-state index in [2.05, 4.69) is 5.32 Å². The molecule has 0 aromatic carbocycles. The van der Waals surface area contributed by atoms with Crippen LogP contribution in [0, 0.1) is 0 Å². The van der Waals surface area contributed by atoms with Gasteiger partial charge in [0.05, 0.1) is 6.61 Å². The molecule has 0 spiro atoms. The second kappa shape index (κ2) is 4.91. The molecule has 17 heavy (non-hydrogen) atoms. The molecule has 1 heterocycles. The number of aliphatic carboxylic acids is 1. The lowest BCUT2D eigenvalue weighted by atomic mass is 9.93. The standard InChI is InChI=1S/C11H19NO5/c1-10(2,3)17-9(15)12-11(8(13)14)5-4-6-16-7-11/h4-7H2,1-3H3,(H,12,15)(H,13,14). The van der Waals surface area contributed by atoms with E-state index in [0.717, 1.165) is 0 Å². The van der Waals surface area contributed by atoms with E-state index < -0.39 is 23.2 Å². The van der Waals surface area contributed by atoms with Crippen molar-refractivity contribution >= 4 is 12.1 Å². The highest BCUT2D eigenvalue weighted by atomic mass is 16.6. The molecule has 1 amide bonds. The van der Waals surface area contributed by atoms with E-state index in [4.69, 9.17) is 9.47 Å². The minimum atomic E-state index is -1.36. The molecule has 1 rings (SSSR count). The minimum Gasteiger partial charge on any atom is -0.479 e. The normalized spacial score (nSPS) is 25.1. The number of rotatable bonds is 2. The van der Waals surface area contributed by atoms with Gasteiger partial charge < -0.3 is 19.9 Å². The van der Waals surface area contributed by atoms with E-state index >= 15 is 0 Å². The molecule has 1 fully saturated rings. The van der Waals surface area contributed by atoms with E-state index in [0.29, 0.717) is 19.4 Å². The fourth-order valence-electron chi connectivity index (χ4n) is 1.61. The molecule has 1 saturated heterocycles. The van der Waals surface area contributed by atoms with Gasteiger partial charge in [-0.15, -0.1) is 0 Å². The number of ether oxygens (including phenoxy) is 2. The van der Waals surface area contributed by atoms with Crippen molar-refractivity contribution in [3.63, 3.8) is 0 Å². The molecule has 98 valence electrons. The predicted molar refractivity (Wildman–Crippen MR) is 59.8 cm³/mol. The predicted octanol–water partition coefficient (Wildman–Crippen LogP) is 1.14. The molecule has 1 aliphatic heterocycles. The van der Waals surface area contributed by atoms with Crippen LogP contribution in [0.4, 0.5) is 4.79 Å². The summed E-state index contributed by atoms with van der Waals surface area (Å²) in [5.41, 5.74) is -2.01. The summed E-state index contributed by atoms with van der Waals surface area (Å²) >= 11 is 0. The van der Waals surface area contributed by atoms with Gasteiger partial charge in [0.1, 0.15) is 5.60 Å². The zero-order valence-corrected chi connectivity index (χ0v) is 10.4. The van der Waals surface area contributed by atoms with Crippen molar-refractivity contribution in [3.05, 3.63) is 0 Å². The Balaban J connectivity index is 2.67. The Bertz CT molecular complexity index is 301. The number of nitrogens with one attached hydrogen (secondary N) is 1. The number of carbonyl (C=O) groups is 2. The Morgan fingerprint density at radius 3 is 2.47 bits per heavy atom. The first-order chi connectivity index (χ1) is 7.75. The number of carboxylic acid groups (broad SMARTS) is 1. The lowest BCUT2D eigenvalue weighted by Crippen LogP contribution is -2.60. The maximum absolute atomic E-state index is 11.6. The third-order valence-electron chi connectivity index (χ3n) is 2.39. The summed E-state index contributed by atoms with van der Waals surface area (Å²) in [6.45, 7) is 5.65. The monoisotopic (exact) mass is 245 g/mol. The summed E-state index contributed by atoms with van der Waals surface area (Å²) in [6.07, 6.45) is 0.217. The quantitative estimate of drug-likeness (QED) is 0.762. The number of carbonyl (C=O) groups excluding carboxylic acids is 1. The van der Waals surface area contributed by atoms with E-state index in [-0.39, 0.29) is 6.61 Å². The number of hydrogen-bond donors (Lipinski definition) is 2. The van der Waals surface area contributed by atoms with Gasteiger partial charge in [-0.05, 0) is 33.6 Å². The molecule has 6 heteroatoms. The van der Waals surface area contributed by atoms with Crippen molar-refractivity contribution in [1.82, 2.24) is 5.32 Å². The van der Waals surface area contributed by atoms with Gasteiger partial charge in [-0.2, -0.15) is 0 Å². The first-order valence-electron chi connectivity index (χ1n) is 5.57. The van der Waals surface area contributed by atoms with Gasteiger partial charge >= 0.3 is 12.1 Å². The van der Waals surface area contributed by atoms with Gasteiger partial charge in [0, 0.05) is 6.61 Å². The third-order valence-corrected chi connectivity index (χ3v) is 2.39. The maximum atomic E-state index is 11.6. The molecule has 0 aromatic heterocycles. The zero-order chi connectivity index (χ0) is 13.1. The topological polar surface area (TPSA) is 84.9 Å². The maximum Gasteiger partial charge on any atom is 0.408 e. The van der Waals surface area contributed by atoms with Gasteiger partial charge in [-0.3, -0.25) is 0 Å². The molecule has 0 bridgehead atoms. The number of hydrogen-bond acceptors (Lipinski definition) is 4. The largest absolute Gasteiger partial charge is 0.479 e. The van der Waals surface area contributed by atoms with Crippen molar-refractivity contribution in [2.75, 3.05) is 13.2 Å². The van der Waals surface area contributed by atoms with Gasteiger partial charge in [0.2, 0.25) is 0 Å². The Kier molecular flexibility index (Phi) is 3.98. The van der Waals surface area contributed by atoms with E-state index in [1.165, 1.54) is 0 Å². The first-order valence-corrected chi connectivity index (χ1v) is 5.57. The lowest BCUT2D eigenvalue weighted by Gasteiger charge is -2.34. The van der Waals surface area contributed by atoms with Crippen molar-refractivity contribution in [1.29, 1.82) is 0 Å². The van der Waals surface area contributed by atoms with Crippen LogP contribution in [-0.2, 0) is 14.3 Å². The Morgan fingerprint density at radius 2 is 2.06 bits per heavy atom. The third kappa shape index (κ3) is 3.89. The van der Waals surface area contributed by atoms with Crippen molar-refractivity contribution in [2.24, 2.45) is 0 Å². The van der Waals surface area contributed by atoms with Crippen LogP contribution in [0.1, 0.15) is 33.6 Å². The highest BCUT2D eigenvalue weighted by Gasteiger charge is 2.43. The SMILES string of the molecule is CC(C)(C)OC(=O)NC1(C(=O)O)CCCOC1. The van der Waals surface area contributed by atoms with Crippen molar-refractivity contribution in [3.8, 4) is 0 Å². The average molecular weight is 245 g/mol. The zero-order valence-electron chi connectivity index (χ0n) is 10.4. The van der Waals surface area contributed by atoms with Crippen LogP contribution in [0.5, 0.6) is 0 Å². The molecule has 0 aliphatic carbocycles. The Hall–Kier alpha value is -1.30. The summed E-state index contributed by atoms with van der Waals surface area (Å²) in [6, 6.07) is 0. The van der Waals surface area contributed by atoms with Gasteiger partial charge in [0.15, 0.2) is 5.54 Å². The second-order valence-electron chi connectivity index (χ2n) is 5.17. The van der Waals surface area contributed by atoms with Gasteiger partial charge in [-0.1, -0.05) is 0 Å². The average Bonchev–Trinajstić information content (AvgIpc) is 2.15. The smallest absolute Gasteiger partial charge is 0.408 e. The summed E-state index contributed by atoms with van der Waals surface area (Å²) < 4.78 is 10.2. The molecule has 2 N–H and O–H groups in total. The number of amides is 1. The van der Waals surface area contributed by atoms with Crippen LogP contribution < -0.4 is 5.32 Å². The lowest BCUT2D eigenvalue weighted by molar-refractivity contribution is -0.150. The van der Waals surface area contributed by atoms with Crippen LogP contribution in [0.3, 0.4) is 0 Å². The molecule has 1 atom stereocenters. The highest BCUT2D eigenvalue weighted by molar-refractivity contribution is 5.84. The Labute approximate surface area is 100 Å². The fourth-order valence-corrected chi connectivity index (χ4v) is 1.61. The van der Waals surface area contributed by atoms with Crippen molar-refractivity contribution < 1.29 is 24.2 Å². The fraction of sp³-hybridized carbons (Fsp3) is 0.818. The van der Waals surface area contributed by atoms with Crippen LogP contribution in [-0.4, -0.2) is 41.5 Å². The molecular formula is C11H19NO5. The van der Waals surface area contributed by atoms with E-state index in [1.807, 2.05) is 0 Å². The van der Waals surface area contributed by atoms with Gasteiger partial charge in [-0.25, -0.2) is 9.59 Å². The molecule has 1 unspecified atom stereocenters. The molecular weight excluding hydrogens is 226 g/mol. The van der Waals surface area contributed by atoms with Gasteiger partial charge in [0.25, 0.3) is 0 Å².